The number of benzene rings is 2. The summed E-state index contributed by atoms with van der Waals surface area (Å²) in [6, 6.07) is 15.9. The van der Waals surface area contributed by atoms with Crippen molar-refractivity contribution in [3.63, 3.8) is 0 Å². The normalized spacial score (nSPS) is 11.1. The molecule has 0 bridgehead atoms. The van der Waals surface area contributed by atoms with Crippen LogP contribution >= 0.6 is 11.3 Å². The van der Waals surface area contributed by atoms with Gasteiger partial charge in [0, 0.05) is 10.4 Å². The lowest BCUT2D eigenvalue weighted by Crippen LogP contribution is -2.06. The number of hydrogen-bond acceptors (Lipinski definition) is 6. The number of nitrogens with zero attached hydrogens (tertiary/aromatic N) is 2. The maximum Gasteiger partial charge on any atom is 0.204 e. The second kappa shape index (κ2) is 8.68. The first-order valence-electron chi connectivity index (χ1n) is 8.73. The summed E-state index contributed by atoms with van der Waals surface area (Å²) >= 11 is 1.58. The smallest absolute Gasteiger partial charge is 0.204 e. The molecule has 0 aliphatic carbocycles. The van der Waals surface area contributed by atoms with Crippen LogP contribution in [0.25, 0.3) is 11.3 Å². The van der Waals surface area contributed by atoms with Crippen LogP contribution in [0.2, 0.25) is 0 Å². The van der Waals surface area contributed by atoms with Crippen LogP contribution in [0.1, 0.15) is 24.3 Å². The Morgan fingerprint density at radius 2 is 1.89 bits per heavy atom. The fourth-order valence-electron chi connectivity index (χ4n) is 2.59. The Morgan fingerprint density at radius 3 is 2.59 bits per heavy atom. The summed E-state index contributed by atoms with van der Waals surface area (Å²) in [5.74, 6) is 1.41. The van der Waals surface area contributed by atoms with Gasteiger partial charge in [-0.15, -0.1) is 11.3 Å². The lowest BCUT2D eigenvalue weighted by Gasteiger charge is -2.13. The van der Waals surface area contributed by atoms with Gasteiger partial charge in [0.1, 0.15) is 0 Å². The zero-order chi connectivity index (χ0) is 19.2. The minimum atomic E-state index is 0.0898. The van der Waals surface area contributed by atoms with E-state index in [1.54, 1.807) is 24.7 Å². The number of hydrazone groups is 1. The highest BCUT2D eigenvalue weighted by Gasteiger charge is 2.09. The van der Waals surface area contributed by atoms with E-state index in [9.17, 15) is 0 Å². The molecular weight excluding hydrogens is 358 g/mol. The molecule has 0 saturated heterocycles. The van der Waals surface area contributed by atoms with Crippen LogP contribution in [-0.4, -0.2) is 24.4 Å². The van der Waals surface area contributed by atoms with Gasteiger partial charge in [0.25, 0.3) is 0 Å². The first kappa shape index (κ1) is 18.9. The summed E-state index contributed by atoms with van der Waals surface area (Å²) in [7, 11) is 1.63. The Labute approximate surface area is 163 Å². The molecule has 2 aromatic carbocycles. The molecular formula is C21H23N3O2S. The van der Waals surface area contributed by atoms with Crippen molar-refractivity contribution in [1.29, 1.82) is 0 Å². The van der Waals surface area contributed by atoms with E-state index >= 15 is 0 Å². The number of aryl methyl sites for hydroxylation is 1. The molecule has 3 aromatic rings. The van der Waals surface area contributed by atoms with Crippen molar-refractivity contribution in [2.24, 2.45) is 5.10 Å². The van der Waals surface area contributed by atoms with Gasteiger partial charge in [0.2, 0.25) is 5.13 Å². The molecule has 0 spiro atoms. The number of ether oxygens (including phenoxy) is 2. The van der Waals surface area contributed by atoms with E-state index in [-0.39, 0.29) is 6.10 Å². The van der Waals surface area contributed by atoms with Gasteiger partial charge in [-0.05, 0) is 44.5 Å². The number of methoxy groups -OCH3 is 1. The van der Waals surface area contributed by atoms with Crippen LogP contribution in [0.3, 0.4) is 0 Å². The summed E-state index contributed by atoms with van der Waals surface area (Å²) < 4.78 is 11.1. The third-order valence-corrected chi connectivity index (χ3v) is 4.64. The van der Waals surface area contributed by atoms with Crippen molar-refractivity contribution in [3.8, 4) is 22.8 Å². The monoisotopic (exact) mass is 381 g/mol. The highest BCUT2D eigenvalue weighted by Crippen LogP contribution is 2.30. The number of nitrogens with one attached hydrogen (secondary N) is 1. The minimum absolute atomic E-state index is 0.0898. The fourth-order valence-corrected chi connectivity index (χ4v) is 3.37. The molecule has 0 unspecified atom stereocenters. The van der Waals surface area contributed by atoms with Crippen LogP contribution in [0.5, 0.6) is 11.5 Å². The highest BCUT2D eigenvalue weighted by atomic mass is 32.1. The van der Waals surface area contributed by atoms with Crippen molar-refractivity contribution in [1.82, 2.24) is 4.98 Å². The van der Waals surface area contributed by atoms with Crippen molar-refractivity contribution in [2.45, 2.75) is 26.9 Å². The molecule has 1 N–H and O–H groups in total. The molecule has 0 saturated carbocycles. The number of aromatic nitrogens is 1. The van der Waals surface area contributed by atoms with Gasteiger partial charge in [-0.3, -0.25) is 5.43 Å². The van der Waals surface area contributed by atoms with Gasteiger partial charge in [0.05, 0.1) is 25.1 Å². The van der Waals surface area contributed by atoms with Crippen molar-refractivity contribution in [3.05, 3.63) is 59.0 Å². The molecule has 140 valence electrons. The zero-order valence-corrected chi connectivity index (χ0v) is 16.7. The van der Waals surface area contributed by atoms with Gasteiger partial charge >= 0.3 is 0 Å². The second-order valence-electron chi connectivity index (χ2n) is 6.24. The Bertz CT molecular complexity index is 920. The first-order chi connectivity index (χ1) is 13.1. The van der Waals surface area contributed by atoms with Gasteiger partial charge in [-0.2, -0.15) is 5.10 Å². The van der Waals surface area contributed by atoms with E-state index in [0.717, 1.165) is 32.6 Å². The molecule has 0 radical (unpaired) electrons. The summed E-state index contributed by atoms with van der Waals surface area (Å²) in [5.41, 5.74) is 6.01. The molecule has 6 heteroatoms. The Kier molecular flexibility index (Phi) is 6.08. The first-order valence-corrected chi connectivity index (χ1v) is 9.55. The lowest BCUT2D eigenvalue weighted by molar-refractivity contribution is 0.230. The molecule has 0 aliphatic heterocycles. The van der Waals surface area contributed by atoms with E-state index in [2.05, 4.69) is 34.6 Å². The minimum Gasteiger partial charge on any atom is -0.493 e. The number of anilines is 1. The van der Waals surface area contributed by atoms with E-state index in [0.29, 0.717) is 5.75 Å². The van der Waals surface area contributed by atoms with Crippen LogP contribution < -0.4 is 14.9 Å². The fraction of sp³-hybridized carbons (Fsp3) is 0.238. The van der Waals surface area contributed by atoms with Gasteiger partial charge in [-0.25, -0.2) is 4.98 Å². The lowest BCUT2D eigenvalue weighted by atomic mass is 10.1. The molecule has 0 fully saturated rings. The van der Waals surface area contributed by atoms with E-state index < -0.39 is 0 Å². The van der Waals surface area contributed by atoms with E-state index in [4.69, 9.17) is 9.47 Å². The standard InChI is InChI=1S/C21H23N3O2S/c1-14(2)26-18-11-10-16(12-19(18)25-4)13-22-24-21-23-20(15(3)27-21)17-8-6-5-7-9-17/h5-14H,1-4H3,(H,23,24)/b22-13-. The Balaban J connectivity index is 1.71. The molecule has 1 heterocycles. The van der Waals surface area contributed by atoms with Gasteiger partial charge in [-0.1, -0.05) is 30.3 Å². The van der Waals surface area contributed by atoms with Crippen molar-refractivity contribution in [2.75, 3.05) is 12.5 Å². The Morgan fingerprint density at radius 1 is 1.11 bits per heavy atom. The largest absolute Gasteiger partial charge is 0.493 e. The molecule has 1 aromatic heterocycles. The van der Waals surface area contributed by atoms with Crippen LogP contribution in [0, 0.1) is 6.92 Å². The number of thiazole rings is 1. The van der Waals surface area contributed by atoms with Crippen LogP contribution in [0.15, 0.2) is 53.6 Å². The molecule has 27 heavy (non-hydrogen) atoms. The van der Waals surface area contributed by atoms with E-state index in [1.165, 1.54) is 0 Å². The summed E-state index contributed by atoms with van der Waals surface area (Å²) in [6.45, 7) is 6.03. The van der Waals surface area contributed by atoms with E-state index in [1.807, 2.05) is 50.2 Å². The molecule has 0 atom stereocenters. The SMILES string of the molecule is COc1cc(/C=N\Nc2nc(-c3ccccc3)c(C)s2)ccc1OC(C)C. The quantitative estimate of drug-likeness (QED) is 0.442. The molecule has 3 rings (SSSR count). The van der Waals surface area contributed by atoms with Crippen LogP contribution in [-0.2, 0) is 0 Å². The average molecular weight is 382 g/mol. The predicted octanol–water partition coefficient (Wildman–Crippen LogP) is 5.36. The molecule has 0 aliphatic rings. The van der Waals surface area contributed by atoms with Gasteiger partial charge < -0.3 is 9.47 Å². The summed E-state index contributed by atoms with van der Waals surface area (Å²) in [6.07, 6.45) is 1.83. The third kappa shape index (κ3) is 4.86. The topological polar surface area (TPSA) is 55.7 Å². The number of rotatable bonds is 7. The average Bonchev–Trinajstić information content (AvgIpc) is 3.03. The summed E-state index contributed by atoms with van der Waals surface area (Å²) in [5, 5.41) is 5.06. The Hall–Kier alpha value is -2.86. The molecule has 0 amide bonds. The second-order valence-corrected chi connectivity index (χ2v) is 7.44. The maximum atomic E-state index is 5.73. The third-order valence-electron chi connectivity index (χ3n) is 3.77. The van der Waals surface area contributed by atoms with Gasteiger partial charge in [0.15, 0.2) is 11.5 Å². The predicted molar refractivity (Wildman–Crippen MR) is 112 cm³/mol. The highest BCUT2D eigenvalue weighted by molar-refractivity contribution is 7.15. The van der Waals surface area contributed by atoms with Crippen molar-refractivity contribution < 1.29 is 9.47 Å². The van der Waals surface area contributed by atoms with Crippen LogP contribution in [0.4, 0.5) is 5.13 Å². The summed E-state index contributed by atoms with van der Waals surface area (Å²) in [4.78, 5) is 5.79. The zero-order valence-electron chi connectivity index (χ0n) is 15.9. The maximum absolute atomic E-state index is 5.73. The molecule has 5 nitrogen and oxygen atoms in total. The number of hydrogen-bond donors (Lipinski definition) is 1. The van der Waals surface area contributed by atoms with Crippen molar-refractivity contribution >= 4 is 22.7 Å².